The van der Waals surface area contributed by atoms with E-state index in [1.807, 2.05) is 18.7 Å². The van der Waals surface area contributed by atoms with Gasteiger partial charge in [0, 0.05) is 25.5 Å². The summed E-state index contributed by atoms with van der Waals surface area (Å²) in [5.74, 6) is 0.888. The van der Waals surface area contributed by atoms with Gasteiger partial charge in [-0.05, 0) is 44.9 Å². The molecule has 0 spiro atoms. The van der Waals surface area contributed by atoms with Crippen molar-refractivity contribution in [3.05, 3.63) is 18.7 Å². The molecule has 0 unspecified atom stereocenters. The number of piperidine rings is 1. The molecule has 0 bridgehead atoms. The van der Waals surface area contributed by atoms with Crippen molar-refractivity contribution in [1.82, 2.24) is 19.8 Å². The SMILES string of the molecule is CCNCC1CCN(CCn2ccnc2)CC1. The van der Waals surface area contributed by atoms with Crippen molar-refractivity contribution < 1.29 is 0 Å². The normalized spacial score (nSPS) is 18.6. The van der Waals surface area contributed by atoms with Crippen LogP contribution in [0.25, 0.3) is 0 Å². The van der Waals surface area contributed by atoms with Crippen molar-refractivity contribution in [2.45, 2.75) is 26.3 Å². The molecule has 1 N–H and O–H groups in total. The van der Waals surface area contributed by atoms with Crippen molar-refractivity contribution in [3.63, 3.8) is 0 Å². The number of imidazole rings is 1. The Balaban J connectivity index is 1.62. The summed E-state index contributed by atoms with van der Waals surface area (Å²) in [6.45, 7) is 9.21. The topological polar surface area (TPSA) is 33.1 Å². The van der Waals surface area contributed by atoms with Gasteiger partial charge in [0.2, 0.25) is 0 Å². The molecule has 1 aliphatic heterocycles. The van der Waals surface area contributed by atoms with Crippen LogP contribution in [0.5, 0.6) is 0 Å². The number of rotatable bonds is 6. The highest BCUT2D eigenvalue weighted by molar-refractivity contribution is 4.77. The molecule has 1 aromatic heterocycles. The molecule has 96 valence electrons. The summed E-state index contributed by atoms with van der Waals surface area (Å²) in [4.78, 5) is 6.64. The number of nitrogens with zero attached hydrogens (tertiary/aromatic N) is 3. The minimum atomic E-state index is 0.888. The molecule has 0 aromatic carbocycles. The van der Waals surface area contributed by atoms with Crippen LogP contribution in [0.3, 0.4) is 0 Å². The van der Waals surface area contributed by atoms with Crippen LogP contribution in [0.2, 0.25) is 0 Å². The van der Waals surface area contributed by atoms with Gasteiger partial charge >= 0.3 is 0 Å². The first-order valence-corrected chi connectivity index (χ1v) is 6.77. The van der Waals surface area contributed by atoms with Crippen LogP contribution < -0.4 is 5.32 Å². The molecular formula is C13H24N4. The molecule has 0 amide bonds. The Bertz CT molecular complexity index is 288. The fourth-order valence-electron chi connectivity index (χ4n) is 2.44. The second-order valence-corrected chi connectivity index (χ2v) is 4.89. The zero-order chi connectivity index (χ0) is 11.9. The average molecular weight is 236 g/mol. The number of likely N-dealkylation sites (tertiary alicyclic amines) is 1. The third-order valence-electron chi connectivity index (χ3n) is 3.62. The Hall–Kier alpha value is -0.870. The first kappa shape index (κ1) is 12.6. The fourth-order valence-corrected chi connectivity index (χ4v) is 2.44. The predicted molar refractivity (Wildman–Crippen MR) is 69.9 cm³/mol. The third kappa shape index (κ3) is 4.13. The maximum absolute atomic E-state index is 4.07. The van der Waals surface area contributed by atoms with E-state index >= 15 is 0 Å². The standard InChI is InChI=1S/C13H24N4/c1-2-14-11-13-3-6-16(7-4-13)9-10-17-8-5-15-12-17/h5,8,12-14H,2-4,6-7,9-11H2,1H3. The first-order chi connectivity index (χ1) is 8.38. The lowest BCUT2D eigenvalue weighted by Gasteiger charge is -2.32. The third-order valence-corrected chi connectivity index (χ3v) is 3.62. The average Bonchev–Trinajstić information content (AvgIpc) is 2.88. The molecule has 4 heteroatoms. The van der Waals surface area contributed by atoms with E-state index < -0.39 is 0 Å². The Morgan fingerprint density at radius 2 is 2.12 bits per heavy atom. The lowest BCUT2D eigenvalue weighted by atomic mass is 9.97. The molecule has 1 fully saturated rings. The van der Waals surface area contributed by atoms with E-state index in [-0.39, 0.29) is 0 Å². The quantitative estimate of drug-likeness (QED) is 0.806. The van der Waals surface area contributed by atoms with E-state index in [1.165, 1.54) is 32.5 Å². The minimum Gasteiger partial charge on any atom is -0.336 e. The Kier molecular flexibility index (Phi) is 5.01. The summed E-state index contributed by atoms with van der Waals surface area (Å²) in [6, 6.07) is 0. The molecule has 1 aliphatic rings. The highest BCUT2D eigenvalue weighted by Gasteiger charge is 2.18. The van der Waals surface area contributed by atoms with Crippen LogP contribution in [0.4, 0.5) is 0 Å². The van der Waals surface area contributed by atoms with Gasteiger partial charge < -0.3 is 14.8 Å². The highest BCUT2D eigenvalue weighted by atomic mass is 15.2. The van der Waals surface area contributed by atoms with Crippen LogP contribution in [0, 0.1) is 5.92 Å². The molecule has 0 aliphatic carbocycles. The second-order valence-electron chi connectivity index (χ2n) is 4.89. The molecule has 17 heavy (non-hydrogen) atoms. The summed E-state index contributed by atoms with van der Waals surface area (Å²) in [6.07, 6.45) is 8.48. The van der Waals surface area contributed by atoms with E-state index in [9.17, 15) is 0 Å². The fraction of sp³-hybridized carbons (Fsp3) is 0.769. The van der Waals surface area contributed by atoms with Crippen LogP contribution in [-0.4, -0.2) is 47.2 Å². The van der Waals surface area contributed by atoms with Gasteiger partial charge in [-0.15, -0.1) is 0 Å². The molecule has 0 atom stereocenters. The van der Waals surface area contributed by atoms with E-state index in [0.29, 0.717) is 0 Å². The van der Waals surface area contributed by atoms with E-state index in [0.717, 1.165) is 25.6 Å². The van der Waals surface area contributed by atoms with E-state index in [2.05, 4.69) is 26.7 Å². The molecule has 1 saturated heterocycles. The van der Waals surface area contributed by atoms with E-state index in [1.54, 1.807) is 0 Å². The van der Waals surface area contributed by atoms with Crippen molar-refractivity contribution in [1.29, 1.82) is 0 Å². The zero-order valence-electron chi connectivity index (χ0n) is 10.8. The summed E-state index contributed by atoms with van der Waals surface area (Å²) < 4.78 is 2.16. The summed E-state index contributed by atoms with van der Waals surface area (Å²) >= 11 is 0. The molecule has 0 saturated carbocycles. The number of nitrogens with one attached hydrogen (secondary N) is 1. The van der Waals surface area contributed by atoms with Gasteiger partial charge in [0.15, 0.2) is 0 Å². The maximum Gasteiger partial charge on any atom is 0.0946 e. The van der Waals surface area contributed by atoms with Crippen molar-refractivity contribution in [2.24, 2.45) is 5.92 Å². The van der Waals surface area contributed by atoms with Crippen molar-refractivity contribution in [3.8, 4) is 0 Å². The molecular weight excluding hydrogens is 212 g/mol. The highest BCUT2D eigenvalue weighted by Crippen LogP contribution is 2.16. The van der Waals surface area contributed by atoms with Gasteiger partial charge in [-0.2, -0.15) is 0 Å². The van der Waals surface area contributed by atoms with Gasteiger partial charge in [0.05, 0.1) is 6.33 Å². The minimum absolute atomic E-state index is 0.888. The molecule has 2 heterocycles. The summed E-state index contributed by atoms with van der Waals surface area (Å²) in [5, 5.41) is 3.46. The lowest BCUT2D eigenvalue weighted by molar-refractivity contribution is 0.177. The Morgan fingerprint density at radius 1 is 1.29 bits per heavy atom. The van der Waals surface area contributed by atoms with E-state index in [4.69, 9.17) is 0 Å². The van der Waals surface area contributed by atoms with Gasteiger partial charge in [-0.3, -0.25) is 0 Å². The summed E-state index contributed by atoms with van der Waals surface area (Å²) in [5.41, 5.74) is 0. The predicted octanol–water partition coefficient (Wildman–Crippen LogP) is 1.20. The zero-order valence-corrected chi connectivity index (χ0v) is 10.8. The number of hydrogen-bond donors (Lipinski definition) is 1. The molecule has 2 rings (SSSR count). The van der Waals surface area contributed by atoms with Crippen LogP contribution >= 0.6 is 0 Å². The van der Waals surface area contributed by atoms with Crippen LogP contribution in [-0.2, 0) is 6.54 Å². The van der Waals surface area contributed by atoms with Gasteiger partial charge in [-0.25, -0.2) is 4.98 Å². The van der Waals surface area contributed by atoms with Gasteiger partial charge in [0.1, 0.15) is 0 Å². The number of aromatic nitrogens is 2. The van der Waals surface area contributed by atoms with Gasteiger partial charge in [0.25, 0.3) is 0 Å². The van der Waals surface area contributed by atoms with Crippen LogP contribution in [0.15, 0.2) is 18.7 Å². The molecule has 0 radical (unpaired) electrons. The maximum atomic E-state index is 4.07. The summed E-state index contributed by atoms with van der Waals surface area (Å²) in [7, 11) is 0. The molecule has 1 aromatic rings. The van der Waals surface area contributed by atoms with Gasteiger partial charge in [-0.1, -0.05) is 6.92 Å². The Labute approximate surface area is 104 Å². The smallest absolute Gasteiger partial charge is 0.0946 e. The van der Waals surface area contributed by atoms with Crippen molar-refractivity contribution >= 4 is 0 Å². The first-order valence-electron chi connectivity index (χ1n) is 6.77. The van der Waals surface area contributed by atoms with Crippen molar-refractivity contribution in [2.75, 3.05) is 32.7 Å². The monoisotopic (exact) mass is 236 g/mol. The Morgan fingerprint density at radius 3 is 2.76 bits per heavy atom. The second kappa shape index (κ2) is 6.77. The molecule has 4 nitrogen and oxygen atoms in total. The largest absolute Gasteiger partial charge is 0.336 e. The lowest BCUT2D eigenvalue weighted by Crippen LogP contribution is -2.38. The number of hydrogen-bond acceptors (Lipinski definition) is 3. The van der Waals surface area contributed by atoms with Crippen LogP contribution in [0.1, 0.15) is 19.8 Å².